The fourth-order valence-corrected chi connectivity index (χ4v) is 6.28. The van der Waals surface area contributed by atoms with Crippen LogP contribution in [-0.4, -0.2) is 55.7 Å². The summed E-state index contributed by atoms with van der Waals surface area (Å²) in [6.07, 6.45) is 3.48. The van der Waals surface area contributed by atoms with Crippen LogP contribution in [0.1, 0.15) is 43.7 Å². The van der Waals surface area contributed by atoms with Gasteiger partial charge in [-0.15, -0.1) is 0 Å². The number of esters is 1. The largest absolute Gasteiger partial charge is 0.427 e. The highest BCUT2D eigenvalue weighted by atomic mass is 35.5. The SMILES string of the molecule is COC12CC[C@H](NC(=O)Cc3ccc(Cl)c(Cl)c3)CC1(c1cccc(OC(C)=O)c1)CCN(C)C2. The van der Waals surface area contributed by atoms with Crippen molar-refractivity contribution in [2.75, 3.05) is 27.2 Å². The van der Waals surface area contributed by atoms with Gasteiger partial charge in [0, 0.05) is 32.0 Å². The van der Waals surface area contributed by atoms with Gasteiger partial charge in [0.2, 0.25) is 5.91 Å². The predicted molar refractivity (Wildman–Crippen MR) is 137 cm³/mol. The number of piperidine rings is 1. The van der Waals surface area contributed by atoms with Crippen LogP contribution in [0.2, 0.25) is 10.0 Å². The number of hydrogen-bond donors (Lipinski definition) is 1. The first-order valence-electron chi connectivity index (χ1n) is 11.9. The molecule has 8 heteroatoms. The third-order valence-electron chi connectivity index (χ3n) is 7.56. The van der Waals surface area contributed by atoms with Crippen molar-refractivity contribution in [3.8, 4) is 5.75 Å². The Bertz CT molecular complexity index is 1110. The number of carbonyl (C=O) groups is 2. The van der Waals surface area contributed by atoms with Crippen LogP contribution in [0.15, 0.2) is 42.5 Å². The summed E-state index contributed by atoms with van der Waals surface area (Å²) < 4.78 is 11.7. The highest BCUT2D eigenvalue weighted by Crippen LogP contribution is 2.53. The molecule has 35 heavy (non-hydrogen) atoms. The lowest BCUT2D eigenvalue weighted by Gasteiger charge is -2.59. The van der Waals surface area contributed by atoms with Crippen LogP contribution >= 0.6 is 23.2 Å². The number of benzene rings is 2. The summed E-state index contributed by atoms with van der Waals surface area (Å²) in [6, 6.07) is 13.0. The highest BCUT2D eigenvalue weighted by molar-refractivity contribution is 6.42. The molecular weight excluding hydrogens is 487 g/mol. The summed E-state index contributed by atoms with van der Waals surface area (Å²) in [5.41, 5.74) is 1.17. The lowest BCUT2D eigenvalue weighted by molar-refractivity contribution is -0.147. The van der Waals surface area contributed by atoms with Crippen LogP contribution < -0.4 is 10.1 Å². The van der Waals surface area contributed by atoms with Crippen LogP contribution in [-0.2, 0) is 26.2 Å². The van der Waals surface area contributed by atoms with Crippen molar-refractivity contribution in [1.29, 1.82) is 0 Å². The van der Waals surface area contributed by atoms with E-state index in [4.69, 9.17) is 32.7 Å². The Labute approximate surface area is 216 Å². The van der Waals surface area contributed by atoms with E-state index < -0.39 is 5.60 Å². The zero-order chi connectivity index (χ0) is 25.2. The number of ether oxygens (including phenoxy) is 2. The second-order valence-electron chi connectivity index (χ2n) is 9.82. The zero-order valence-electron chi connectivity index (χ0n) is 20.4. The van der Waals surface area contributed by atoms with E-state index in [1.54, 1.807) is 25.3 Å². The summed E-state index contributed by atoms with van der Waals surface area (Å²) in [6.45, 7) is 3.11. The molecule has 1 saturated carbocycles. The van der Waals surface area contributed by atoms with E-state index in [1.807, 2.05) is 18.2 Å². The van der Waals surface area contributed by atoms with Crippen LogP contribution in [0, 0.1) is 0 Å². The van der Waals surface area contributed by atoms with Gasteiger partial charge in [-0.25, -0.2) is 0 Å². The Balaban J connectivity index is 1.60. The van der Waals surface area contributed by atoms with Crippen molar-refractivity contribution in [3.05, 3.63) is 63.6 Å². The molecule has 0 aromatic heterocycles. The van der Waals surface area contributed by atoms with Crippen molar-refractivity contribution >= 4 is 35.1 Å². The van der Waals surface area contributed by atoms with Gasteiger partial charge >= 0.3 is 5.97 Å². The van der Waals surface area contributed by atoms with Crippen LogP contribution in [0.5, 0.6) is 5.75 Å². The minimum Gasteiger partial charge on any atom is -0.427 e. The molecule has 3 atom stereocenters. The molecule has 2 aromatic rings. The lowest BCUT2D eigenvalue weighted by Crippen LogP contribution is -2.67. The van der Waals surface area contributed by atoms with E-state index in [-0.39, 0.29) is 29.8 Å². The minimum atomic E-state index is -0.403. The molecule has 1 N–H and O–H groups in total. The number of nitrogens with zero attached hydrogens (tertiary/aromatic N) is 1. The van der Waals surface area contributed by atoms with E-state index in [0.717, 1.165) is 49.9 Å². The number of carbonyl (C=O) groups excluding carboxylic acids is 2. The first kappa shape index (κ1) is 26.0. The average molecular weight is 519 g/mol. The van der Waals surface area contributed by atoms with Gasteiger partial charge in [-0.2, -0.15) is 0 Å². The van der Waals surface area contributed by atoms with E-state index >= 15 is 0 Å². The Hall–Kier alpha value is -2.12. The third-order valence-corrected chi connectivity index (χ3v) is 8.30. The predicted octanol–water partition coefficient (Wildman–Crippen LogP) is 4.79. The molecule has 2 aliphatic rings. The Kier molecular flexibility index (Phi) is 7.77. The number of halogens is 2. The maximum absolute atomic E-state index is 13.0. The average Bonchev–Trinajstić information content (AvgIpc) is 2.81. The van der Waals surface area contributed by atoms with Crippen LogP contribution in [0.4, 0.5) is 0 Å². The smallest absolute Gasteiger partial charge is 0.308 e. The molecule has 0 radical (unpaired) electrons. The molecule has 4 rings (SSSR count). The maximum atomic E-state index is 13.0. The summed E-state index contributed by atoms with van der Waals surface area (Å²) in [7, 11) is 3.90. The molecular formula is C27H32Cl2N2O4. The molecule has 1 saturated heterocycles. The number of nitrogens with one attached hydrogen (secondary N) is 1. The number of likely N-dealkylation sites (N-methyl/N-ethyl adjacent to an activating group) is 1. The number of methoxy groups -OCH3 is 1. The van der Waals surface area contributed by atoms with E-state index in [0.29, 0.717) is 15.8 Å². The molecule has 2 unspecified atom stereocenters. The number of amides is 1. The maximum Gasteiger partial charge on any atom is 0.308 e. The summed E-state index contributed by atoms with van der Waals surface area (Å²) in [5.74, 6) is 0.131. The second-order valence-corrected chi connectivity index (χ2v) is 10.6. The summed E-state index contributed by atoms with van der Waals surface area (Å²) in [4.78, 5) is 26.9. The Morgan fingerprint density at radius 1 is 1.14 bits per heavy atom. The van der Waals surface area contributed by atoms with Gasteiger partial charge in [-0.1, -0.05) is 41.4 Å². The molecule has 1 amide bonds. The van der Waals surface area contributed by atoms with Crippen molar-refractivity contribution < 1.29 is 19.1 Å². The molecule has 1 heterocycles. The molecule has 188 valence electrons. The minimum absolute atomic E-state index is 0.00525. The summed E-state index contributed by atoms with van der Waals surface area (Å²) >= 11 is 12.1. The van der Waals surface area contributed by atoms with Crippen molar-refractivity contribution in [3.63, 3.8) is 0 Å². The highest BCUT2D eigenvalue weighted by Gasteiger charge is 2.58. The topological polar surface area (TPSA) is 67.9 Å². The first-order valence-corrected chi connectivity index (χ1v) is 12.7. The zero-order valence-corrected chi connectivity index (χ0v) is 21.9. The molecule has 6 nitrogen and oxygen atoms in total. The van der Waals surface area contributed by atoms with Gasteiger partial charge in [0.1, 0.15) is 5.75 Å². The van der Waals surface area contributed by atoms with Gasteiger partial charge in [0.05, 0.1) is 22.1 Å². The fraction of sp³-hybridized carbons (Fsp3) is 0.481. The van der Waals surface area contributed by atoms with Gasteiger partial charge in [-0.05, 0) is 74.7 Å². The Morgan fingerprint density at radius 2 is 1.94 bits per heavy atom. The second kappa shape index (κ2) is 10.5. The van der Waals surface area contributed by atoms with Crippen LogP contribution in [0.25, 0.3) is 0 Å². The lowest BCUT2D eigenvalue weighted by atomic mass is 9.55. The van der Waals surface area contributed by atoms with E-state index in [1.165, 1.54) is 6.92 Å². The Morgan fingerprint density at radius 3 is 2.66 bits per heavy atom. The van der Waals surface area contributed by atoms with Crippen LogP contribution in [0.3, 0.4) is 0 Å². The van der Waals surface area contributed by atoms with Crippen molar-refractivity contribution in [2.45, 2.75) is 56.1 Å². The normalized spacial score (nSPS) is 26.6. The van der Waals surface area contributed by atoms with Gasteiger partial charge in [-0.3, -0.25) is 9.59 Å². The molecule has 1 aliphatic carbocycles. The standard InChI is InChI=1S/C27H32Cl2N2O4/c1-18(32)35-22-6-4-5-20(15-22)26-11-12-31(2)17-27(26,34-3)10-9-21(16-26)30-25(33)14-19-7-8-23(28)24(29)13-19/h4-8,13,15,21H,9-12,14,16-17H2,1-3H3,(H,30,33)/t21-,26?,27?/m0/s1. The van der Waals surface area contributed by atoms with E-state index in [2.05, 4.69) is 23.3 Å². The van der Waals surface area contributed by atoms with Gasteiger partial charge in [0.25, 0.3) is 0 Å². The van der Waals surface area contributed by atoms with Gasteiger partial charge < -0.3 is 19.7 Å². The molecule has 2 aromatic carbocycles. The quantitative estimate of drug-likeness (QED) is 0.439. The monoisotopic (exact) mass is 518 g/mol. The van der Waals surface area contributed by atoms with Crippen molar-refractivity contribution in [2.24, 2.45) is 0 Å². The molecule has 1 aliphatic heterocycles. The molecule has 0 bridgehead atoms. The number of rotatable bonds is 6. The number of fused-ring (bicyclic) bond motifs is 1. The number of likely N-dealkylation sites (tertiary alicyclic amines) is 1. The van der Waals surface area contributed by atoms with Gasteiger partial charge in [0.15, 0.2) is 0 Å². The molecule has 2 fully saturated rings. The first-order chi connectivity index (χ1) is 16.7. The fourth-order valence-electron chi connectivity index (χ4n) is 5.96. The van der Waals surface area contributed by atoms with E-state index in [9.17, 15) is 9.59 Å². The third kappa shape index (κ3) is 5.36. The molecule has 0 spiro atoms. The number of hydrogen-bond acceptors (Lipinski definition) is 5. The summed E-state index contributed by atoms with van der Waals surface area (Å²) in [5, 5.41) is 4.17. The van der Waals surface area contributed by atoms with Crippen molar-refractivity contribution in [1.82, 2.24) is 10.2 Å².